The van der Waals surface area contributed by atoms with E-state index in [1.807, 2.05) is 12.1 Å². The zero-order valence-electron chi connectivity index (χ0n) is 11.8. The average molecular weight is 260 g/mol. The van der Waals surface area contributed by atoms with Gasteiger partial charge in [0.2, 0.25) is 0 Å². The zero-order valence-corrected chi connectivity index (χ0v) is 11.8. The highest BCUT2D eigenvalue weighted by Gasteiger charge is 2.37. The van der Waals surface area contributed by atoms with Crippen LogP contribution < -0.4 is 15.4 Å². The summed E-state index contributed by atoms with van der Waals surface area (Å²) in [7, 11) is 1.71. The van der Waals surface area contributed by atoms with Gasteiger partial charge in [-0.2, -0.15) is 0 Å². The molecule has 0 aromatic heterocycles. The molecule has 0 amide bonds. The Morgan fingerprint density at radius 1 is 1.11 bits per heavy atom. The highest BCUT2D eigenvalue weighted by Crippen LogP contribution is 2.47. The molecule has 0 radical (unpaired) electrons. The number of rotatable bonds is 2. The molecular weight excluding hydrogens is 236 g/mol. The summed E-state index contributed by atoms with van der Waals surface area (Å²) in [5.41, 5.74) is 8.79. The maximum Gasteiger partial charge on any atom is 0.121 e. The molecule has 1 aromatic carbocycles. The molecule has 3 rings (SSSR count). The van der Waals surface area contributed by atoms with E-state index in [2.05, 4.69) is 11.0 Å². The van der Waals surface area contributed by atoms with Gasteiger partial charge in [-0.3, -0.25) is 0 Å². The molecule has 3 heteroatoms. The Kier molecular flexibility index (Phi) is 3.29. The third-order valence-electron chi connectivity index (χ3n) is 5.07. The van der Waals surface area contributed by atoms with Gasteiger partial charge in [0.25, 0.3) is 0 Å². The van der Waals surface area contributed by atoms with Crippen LogP contribution in [0.1, 0.15) is 38.5 Å². The predicted octanol–water partition coefficient (Wildman–Crippen LogP) is 3.44. The molecule has 2 aliphatic rings. The Labute approximate surface area is 115 Å². The van der Waals surface area contributed by atoms with Gasteiger partial charge >= 0.3 is 0 Å². The van der Waals surface area contributed by atoms with Crippen molar-refractivity contribution in [3.63, 3.8) is 0 Å². The number of benzene rings is 1. The molecule has 1 heterocycles. The van der Waals surface area contributed by atoms with E-state index in [1.54, 1.807) is 7.11 Å². The number of ether oxygens (including phenoxy) is 1. The van der Waals surface area contributed by atoms with Crippen molar-refractivity contribution < 1.29 is 4.74 Å². The van der Waals surface area contributed by atoms with Crippen molar-refractivity contribution in [1.82, 2.24) is 0 Å². The van der Waals surface area contributed by atoms with Gasteiger partial charge in [0, 0.05) is 19.2 Å². The fourth-order valence-corrected chi connectivity index (χ4v) is 3.77. The Morgan fingerprint density at radius 3 is 2.42 bits per heavy atom. The molecule has 104 valence electrons. The van der Waals surface area contributed by atoms with Crippen LogP contribution in [0, 0.1) is 5.41 Å². The lowest BCUT2D eigenvalue weighted by atomic mass is 9.77. The molecule has 1 spiro atoms. The number of piperidine rings is 1. The van der Waals surface area contributed by atoms with E-state index in [9.17, 15) is 0 Å². The summed E-state index contributed by atoms with van der Waals surface area (Å²) >= 11 is 0. The Balaban J connectivity index is 1.74. The number of nitrogen functional groups attached to an aromatic ring is 1. The van der Waals surface area contributed by atoms with Gasteiger partial charge in [0.05, 0.1) is 18.5 Å². The third kappa shape index (κ3) is 2.38. The summed E-state index contributed by atoms with van der Waals surface area (Å²) < 4.78 is 5.31. The van der Waals surface area contributed by atoms with Gasteiger partial charge in [-0.1, -0.05) is 12.8 Å². The first-order chi connectivity index (χ1) is 9.22. The lowest BCUT2D eigenvalue weighted by Gasteiger charge is -2.40. The zero-order chi connectivity index (χ0) is 13.3. The molecule has 1 saturated heterocycles. The van der Waals surface area contributed by atoms with Crippen molar-refractivity contribution in [2.45, 2.75) is 38.5 Å². The van der Waals surface area contributed by atoms with Crippen molar-refractivity contribution in [3.8, 4) is 5.75 Å². The normalized spacial score (nSPS) is 21.8. The molecule has 0 atom stereocenters. The van der Waals surface area contributed by atoms with Crippen LogP contribution in [0.2, 0.25) is 0 Å². The lowest BCUT2D eigenvalue weighted by molar-refractivity contribution is 0.226. The van der Waals surface area contributed by atoms with Crippen LogP contribution in [0.4, 0.5) is 11.4 Å². The number of hydrogen-bond acceptors (Lipinski definition) is 3. The number of nitrogens with zero attached hydrogens (tertiary/aromatic N) is 1. The smallest absolute Gasteiger partial charge is 0.121 e. The maximum atomic E-state index is 6.12. The van der Waals surface area contributed by atoms with E-state index in [0.717, 1.165) is 30.2 Å². The van der Waals surface area contributed by atoms with Crippen LogP contribution >= 0.6 is 0 Å². The van der Waals surface area contributed by atoms with Gasteiger partial charge in [0.15, 0.2) is 0 Å². The van der Waals surface area contributed by atoms with Gasteiger partial charge in [-0.15, -0.1) is 0 Å². The van der Waals surface area contributed by atoms with E-state index >= 15 is 0 Å². The fourth-order valence-electron chi connectivity index (χ4n) is 3.77. The first kappa shape index (κ1) is 12.6. The molecule has 3 nitrogen and oxygen atoms in total. The standard InChI is InChI=1S/C16H24N2O/c1-19-13-4-5-14(17)15(12-13)18-10-8-16(9-11-18)6-2-3-7-16/h4-5,12H,2-3,6-11,17H2,1H3. The second-order valence-corrected chi connectivity index (χ2v) is 6.12. The Morgan fingerprint density at radius 2 is 1.79 bits per heavy atom. The van der Waals surface area contributed by atoms with Crippen molar-refractivity contribution in [2.24, 2.45) is 5.41 Å². The van der Waals surface area contributed by atoms with E-state index in [0.29, 0.717) is 5.41 Å². The van der Waals surface area contributed by atoms with Crippen LogP contribution in [0.25, 0.3) is 0 Å². The minimum absolute atomic E-state index is 0.657. The quantitative estimate of drug-likeness (QED) is 0.828. The van der Waals surface area contributed by atoms with Crippen LogP contribution in [0.15, 0.2) is 18.2 Å². The number of methoxy groups -OCH3 is 1. The van der Waals surface area contributed by atoms with Crippen molar-refractivity contribution >= 4 is 11.4 Å². The van der Waals surface area contributed by atoms with E-state index in [4.69, 9.17) is 10.5 Å². The summed E-state index contributed by atoms with van der Waals surface area (Å²) in [5.74, 6) is 0.894. The minimum atomic E-state index is 0.657. The first-order valence-corrected chi connectivity index (χ1v) is 7.41. The molecule has 1 aliphatic carbocycles. The van der Waals surface area contributed by atoms with Gasteiger partial charge in [-0.05, 0) is 43.2 Å². The van der Waals surface area contributed by atoms with Gasteiger partial charge < -0.3 is 15.4 Å². The lowest BCUT2D eigenvalue weighted by Crippen LogP contribution is -2.39. The molecule has 0 unspecified atom stereocenters. The average Bonchev–Trinajstić information content (AvgIpc) is 2.89. The minimum Gasteiger partial charge on any atom is -0.497 e. The Hall–Kier alpha value is -1.38. The molecular formula is C16H24N2O. The molecule has 19 heavy (non-hydrogen) atoms. The molecule has 1 aromatic rings. The summed E-state index contributed by atoms with van der Waals surface area (Å²) in [5, 5.41) is 0. The molecule has 0 bridgehead atoms. The highest BCUT2D eigenvalue weighted by molar-refractivity contribution is 5.69. The van der Waals surface area contributed by atoms with Crippen LogP contribution in [0.3, 0.4) is 0 Å². The van der Waals surface area contributed by atoms with Crippen molar-refractivity contribution in [2.75, 3.05) is 30.8 Å². The van der Waals surface area contributed by atoms with E-state index in [1.165, 1.54) is 38.5 Å². The second kappa shape index (κ2) is 4.95. The largest absolute Gasteiger partial charge is 0.497 e. The van der Waals surface area contributed by atoms with Crippen LogP contribution in [-0.2, 0) is 0 Å². The maximum absolute atomic E-state index is 6.12. The number of anilines is 2. The summed E-state index contributed by atoms with van der Waals surface area (Å²) in [6.45, 7) is 2.27. The number of nitrogens with two attached hydrogens (primary N) is 1. The molecule has 2 N–H and O–H groups in total. The molecule has 2 fully saturated rings. The molecule has 1 saturated carbocycles. The van der Waals surface area contributed by atoms with Crippen LogP contribution in [-0.4, -0.2) is 20.2 Å². The number of hydrogen-bond donors (Lipinski definition) is 1. The highest BCUT2D eigenvalue weighted by atomic mass is 16.5. The SMILES string of the molecule is COc1ccc(N)c(N2CCC3(CCCC3)CC2)c1. The van der Waals surface area contributed by atoms with Gasteiger partial charge in [-0.25, -0.2) is 0 Å². The van der Waals surface area contributed by atoms with Crippen LogP contribution in [0.5, 0.6) is 5.75 Å². The summed E-state index contributed by atoms with van der Waals surface area (Å²) in [6, 6.07) is 5.96. The summed E-state index contributed by atoms with van der Waals surface area (Å²) in [6.07, 6.45) is 8.39. The van der Waals surface area contributed by atoms with Gasteiger partial charge in [0.1, 0.15) is 5.75 Å². The van der Waals surface area contributed by atoms with E-state index < -0.39 is 0 Å². The topological polar surface area (TPSA) is 38.5 Å². The van der Waals surface area contributed by atoms with E-state index in [-0.39, 0.29) is 0 Å². The third-order valence-corrected chi connectivity index (χ3v) is 5.07. The predicted molar refractivity (Wildman–Crippen MR) is 79.8 cm³/mol. The fraction of sp³-hybridized carbons (Fsp3) is 0.625. The van der Waals surface area contributed by atoms with Crippen molar-refractivity contribution in [3.05, 3.63) is 18.2 Å². The second-order valence-electron chi connectivity index (χ2n) is 6.12. The molecule has 1 aliphatic heterocycles. The monoisotopic (exact) mass is 260 g/mol. The van der Waals surface area contributed by atoms with Crippen molar-refractivity contribution in [1.29, 1.82) is 0 Å². The Bertz CT molecular complexity index is 442. The first-order valence-electron chi connectivity index (χ1n) is 7.41. The summed E-state index contributed by atoms with van der Waals surface area (Å²) in [4.78, 5) is 2.43.